The van der Waals surface area contributed by atoms with E-state index in [0.29, 0.717) is 6.42 Å². The minimum Gasteiger partial charge on any atom is -0.309 e. The van der Waals surface area contributed by atoms with Crippen molar-refractivity contribution >= 4 is 23.4 Å². The van der Waals surface area contributed by atoms with Crippen LogP contribution in [0.5, 0.6) is 0 Å². The molecule has 0 aromatic heterocycles. The molecule has 1 unspecified atom stereocenters. The molecule has 0 bridgehead atoms. The van der Waals surface area contributed by atoms with Crippen LogP contribution < -0.4 is 0 Å². The fourth-order valence-corrected chi connectivity index (χ4v) is 3.50. The van der Waals surface area contributed by atoms with Crippen LogP contribution in [0.3, 0.4) is 0 Å². The molecule has 0 N–H and O–H groups in total. The maximum atomic E-state index is 13.3. The Morgan fingerprint density at radius 3 is 2.50 bits per heavy atom. The van der Waals surface area contributed by atoms with E-state index in [-0.39, 0.29) is 11.9 Å². The van der Waals surface area contributed by atoms with Crippen LogP contribution in [0.1, 0.15) is 25.8 Å². The van der Waals surface area contributed by atoms with Crippen molar-refractivity contribution < 1.29 is 4.79 Å². The van der Waals surface area contributed by atoms with Gasteiger partial charge in [0.15, 0.2) is 0 Å². The highest BCUT2D eigenvalue weighted by Gasteiger charge is 2.44. The van der Waals surface area contributed by atoms with E-state index < -0.39 is 5.41 Å². The zero-order chi connectivity index (χ0) is 17.6. The quantitative estimate of drug-likeness (QED) is 0.475. The largest absolute Gasteiger partial charge is 0.309 e. The van der Waals surface area contributed by atoms with E-state index in [9.17, 15) is 4.79 Å². The molecule has 24 heavy (non-hydrogen) atoms. The maximum absolute atomic E-state index is 13.3. The summed E-state index contributed by atoms with van der Waals surface area (Å²) in [5.41, 5.74) is 1.40. The molecule has 0 spiro atoms. The summed E-state index contributed by atoms with van der Waals surface area (Å²) in [6.07, 6.45) is 8.38. The number of thioether (sulfide) groups is 1. The highest BCUT2D eigenvalue weighted by atomic mass is 32.2. The second kappa shape index (κ2) is 8.20. The molecule has 2 nitrogen and oxygen atoms in total. The molecular formula is C21H25NOS. The van der Waals surface area contributed by atoms with Crippen molar-refractivity contribution in [3.05, 3.63) is 78.8 Å². The summed E-state index contributed by atoms with van der Waals surface area (Å²) in [5, 5.41) is 2.01. The van der Waals surface area contributed by atoms with E-state index in [0.717, 1.165) is 17.0 Å². The number of hydrogen-bond acceptors (Lipinski definition) is 2. The van der Waals surface area contributed by atoms with E-state index in [2.05, 4.69) is 45.2 Å². The van der Waals surface area contributed by atoms with Crippen LogP contribution in [-0.2, 0) is 4.79 Å². The van der Waals surface area contributed by atoms with Crippen LogP contribution in [0.2, 0.25) is 0 Å². The van der Waals surface area contributed by atoms with Gasteiger partial charge in [-0.25, -0.2) is 0 Å². The van der Waals surface area contributed by atoms with Crippen LogP contribution in [0, 0.1) is 5.41 Å². The fourth-order valence-electron chi connectivity index (χ4n) is 2.92. The summed E-state index contributed by atoms with van der Waals surface area (Å²) in [4.78, 5) is 15.2. The van der Waals surface area contributed by atoms with Crippen LogP contribution in [0.25, 0.3) is 5.70 Å². The molecule has 0 fully saturated rings. The molecule has 1 aliphatic heterocycles. The summed E-state index contributed by atoms with van der Waals surface area (Å²) in [5.74, 6) is 0.949. The van der Waals surface area contributed by atoms with Crippen LogP contribution in [0.15, 0.2) is 73.2 Å². The topological polar surface area (TPSA) is 20.3 Å². The molecule has 1 aromatic rings. The minimum absolute atomic E-state index is 0.102. The van der Waals surface area contributed by atoms with Gasteiger partial charge < -0.3 is 4.90 Å². The summed E-state index contributed by atoms with van der Waals surface area (Å²) in [7, 11) is 0. The van der Waals surface area contributed by atoms with Crippen molar-refractivity contribution in [1.29, 1.82) is 0 Å². The summed E-state index contributed by atoms with van der Waals surface area (Å²) < 4.78 is 0. The smallest absolute Gasteiger partial charge is 0.241 e. The molecule has 0 radical (unpaired) electrons. The molecule has 1 aliphatic rings. The number of nitrogens with zero attached hydrogens (tertiary/aromatic N) is 1. The number of carbonyl (C=O) groups excluding carboxylic acids is 1. The van der Waals surface area contributed by atoms with Gasteiger partial charge >= 0.3 is 0 Å². The first-order valence-corrected chi connectivity index (χ1v) is 9.23. The van der Waals surface area contributed by atoms with Gasteiger partial charge in [-0.15, -0.1) is 24.9 Å². The van der Waals surface area contributed by atoms with Crippen molar-refractivity contribution in [2.75, 3.05) is 5.75 Å². The lowest BCUT2D eigenvalue weighted by atomic mass is 9.84. The normalized spacial score (nSPS) is 20.7. The monoisotopic (exact) mass is 339 g/mol. The van der Waals surface area contributed by atoms with Gasteiger partial charge in [0, 0.05) is 17.5 Å². The third kappa shape index (κ3) is 3.73. The first kappa shape index (κ1) is 18.3. The van der Waals surface area contributed by atoms with Gasteiger partial charge in [0.05, 0.1) is 5.41 Å². The first-order valence-electron chi connectivity index (χ1n) is 8.19. The standard InChI is InChI=1S/C21H25NOS/c1-5-12-21(13-15-24-14-6-2)16-19(18-10-8-7-9-11-18)22(17(3)4)20(21)23/h5-11,13,15-17H,1-2,12,14H2,3-4H3/b15-13-. The lowest BCUT2D eigenvalue weighted by Gasteiger charge is -2.28. The number of amides is 1. The second-order valence-electron chi connectivity index (χ2n) is 6.12. The van der Waals surface area contributed by atoms with Crippen molar-refractivity contribution in [2.45, 2.75) is 26.3 Å². The fraction of sp³-hybridized carbons (Fsp3) is 0.286. The SMILES string of the molecule is C=CCS/C=C\C1(CC=C)C=C(c2ccccc2)N(C(C)C)C1=O. The van der Waals surface area contributed by atoms with Crippen LogP contribution in [-0.4, -0.2) is 22.6 Å². The highest BCUT2D eigenvalue weighted by molar-refractivity contribution is 8.02. The molecular weight excluding hydrogens is 314 g/mol. The van der Waals surface area contributed by atoms with Gasteiger partial charge in [-0.2, -0.15) is 0 Å². The average molecular weight is 340 g/mol. The third-order valence-corrected chi connectivity index (χ3v) is 4.77. The van der Waals surface area contributed by atoms with Gasteiger partial charge in [-0.1, -0.05) is 48.6 Å². The predicted octanol–water partition coefficient (Wildman–Crippen LogP) is 5.27. The predicted molar refractivity (Wildman–Crippen MR) is 105 cm³/mol. The molecule has 2 rings (SSSR count). The van der Waals surface area contributed by atoms with Gasteiger partial charge in [-0.05, 0) is 37.3 Å². The molecule has 1 amide bonds. The number of allylic oxidation sites excluding steroid dienone is 1. The number of rotatable bonds is 8. The Kier molecular flexibility index (Phi) is 6.27. The Hall–Kier alpha value is -2.00. The van der Waals surface area contributed by atoms with Gasteiger partial charge in [0.25, 0.3) is 0 Å². The molecule has 1 heterocycles. The Morgan fingerprint density at radius 2 is 1.92 bits per heavy atom. The van der Waals surface area contributed by atoms with E-state index in [4.69, 9.17) is 0 Å². The molecule has 0 aliphatic carbocycles. The van der Waals surface area contributed by atoms with E-state index in [1.165, 1.54) is 0 Å². The lowest BCUT2D eigenvalue weighted by Crippen LogP contribution is -2.38. The Bertz CT molecular complexity index is 660. The van der Waals surface area contributed by atoms with Crippen molar-refractivity contribution in [2.24, 2.45) is 5.41 Å². The van der Waals surface area contributed by atoms with Crippen molar-refractivity contribution in [3.8, 4) is 0 Å². The number of carbonyl (C=O) groups is 1. The Balaban J connectivity index is 2.48. The lowest BCUT2D eigenvalue weighted by molar-refractivity contribution is -0.133. The average Bonchev–Trinajstić information content (AvgIpc) is 2.86. The van der Waals surface area contributed by atoms with E-state index in [1.807, 2.05) is 46.7 Å². The van der Waals surface area contributed by atoms with Crippen molar-refractivity contribution in [3.63, 3.8) is 0 Å². The van der Waals surface area contributed by atoms with Crippen molar-refractivity contribution in [1.82, 2.24) is 4.90 Å². The second-order valence-corrected chi connectivity index (χ2v) is 7.06. The first-order chi connectivity index (χ1) is 11.6. The Labute approximate surface area is 149 Å². The molecule has 3 heteroatoms. The molecule has 126 valence electrons. The third-order valence-electron chi connectivity index (χ3n) is 4.01. The summed E-state index contributed by atoms with van der Waals surface area (Å²) in [6, 6.07) is 10.2. The molecule has 0 saturated heterocycles. The van der Waals surface area contributed by atoms with Gasteiger partial charge in [0.2, 0.25) is 5.91 Å². The van der Waals surface area contributed by atoms with Gasteiger partial charge in [0.1, 0.15) is 0 Å². The molecule has 1 atom stereocenters. The molecule has 0 saturated carbocycles. The zero-order valence-corrected chi connectivity index (χ0v) is 15.3. The van der Waals surface area contributed by atoms with Crippen LogP contribution in [0.4, 0.5) is 0 Å². The number of benzene rings is 1. The maximum Gasteiger partial charge on any atom is 0.241 e. The van der Waals surface area contributed by atoms with Gasteiger partial charge in [-0.3, -0.25) is 4.79 Å². The Morgan fingerprint density at radius 1 is 1.21 bits per heavy atom. The van der Waals surface area contributed by atoms with E-state index >= 15 is 0 Å². The molecule has 1 aromatic carbocycles. The summed E-state index contributed by atoms with van der Waals surface area (Å²) >= 11 is 1.64. The van der Waals surface area contributed by atoms with Crippen LogP contribution >= 0.6 is 11.8 Å². The van der Waals surface area contributed by atoms with E-state index in [1.54, 1.807) is 11.8 Å². The summed E-state index contributed by atoms with van der Waals surface area (Å²) in [6.45, 7) is 11.7. The minimum atomic E-state index is -0.647. The number of hydrogen-bond donors (Lipinski definition) is 0. The zero-order valence-electron chi connectivity index (χ0n) is 14.4. The highest BCUT2D eigenvalue weighted by Crippen LogP contribution is 2.43.